The number of rotatable bonds is 7. The van der Waals surface area contributed by atoms with Crippen molar-refractivity contribution in [2.75, 3.05) is 16.6 Å². The van der Waals surface area contributed by atoms with Crippen molar-refractivity contribution >= 4 is 28.9 Å². The van der Waals surface area contributed by atoms with Crippen molar-refractivity contribution in [1.29, 1.82) is 0 Å². The average molecular weight is 473 g/mol. The number of non-ortho nitro benzene ring substituents is 1. The van der Waals surface area contributed by atoms with Gasteiger partial charge in [0, 0.05) is 12.1 Å². The van der Waals surface area contributed by atoms with Gasteiger partial charge in [-0.3, -0.25) is 24.5 Å². The molecular weight excluding hydrogens is 450 g/mol. The van der Waals surface area contributed by atoms with Crippen LogP contribution in [0, 0.1) is 16.0 Å². The average Bonchev–Trinajstić information content (AvgIpc) is 3.39. The number of imide groups is 1. The zero-order valence-corrected chi connectivity index (χ0v) is 18.9. The Hall–Kier alpha value is -4.24. The van der Waals surface area contributed by atoms with E-state index in [-0.39, 0.29) is 11.6 Å². The molecular formula is C26H23N3O6. The van der Waals surface area contributed by atoms with Gasteiger partial charge in [0.05, 0.1) is 28.9 Å². The van der Waals surface area contributed by atoms with Gasteiger partial charge in [0.15, 0.2) is 6.10 Å². The number of carbonyl (C=O) groups excluding carboxylic acids is 2. The van der Waals surface area contributed by atoms with Crippen molar-refractivity contribution in [3.05, 3.63) is 94.5 Å². The molecule has 178 valence electrons. The zero-order valence-electron chi connectivity index (χ0n) is 18.9. The molecule has 2 aliphatic heterocycles. The first kappa shape index (κ1) is 22.5. The maximum absolute atomic E-state index is 13.6. The summed E-state index contributed by atoms with van der Waals surface area (Å²) < 4.78 is 5.60. The minimum Gasteiger partial charge on any atom is -0.494 e. The van der Waals surface area contributed by atoms with Gasteiger partial charge >= 0.3 is 0 Å². The highest BCUT2D eigenvalue weighted by Crippen LogP contribution is 2.48. The van der Waals surface area contributed by atoms with Gasteiger partial charge in [-0.05, 0) is 42.3 Å². The molecule has 0 unspecified atom stereocenters. The van der Waals surface area contributed by atoms with Gasteiger partial charge in [0.25, 0.3) is 11.6 Å². The molecule has 0 radical (unpaired) electrons. The van der Waals surface area contributed by atoms with Crippen LogP contribution in [0.4, 0.5) is 17.1 Å². The van der Waals surface area contributed by atoms with Crippen molar-refractivity contribution < 1.29 is 24.1 Å². The number of hydrogen-bond acceptors (Lipinski definition) is 7. The highest BCUT2D eigenvalue weighted by Gasteiger charge is 2.60. The summed E-state index contributed by atoms with van der Waals surface area (Å²) in [5.74, 6) is -1.02. The van der Waals surface area contributed by atoms with E-state index in [0.717, 1.165) is 16.9 Å². The first-order valence-corrected chi connectivity index (χ1v) is 11.4. The molecule has 0 spiro atoms. The van der Waals surface area contributed by atoms with Gasteiger partial charge in [-0.2, -0.15) is 0 Å². The van der Waals surface area contributed by atoms with E-state index in [0.29, 0.717) is 23.7 Å². The number of hydrogen-bond donors (Lipinski definition) is 0. The number of nitro benzene ring substituents is 1. The predicted molar refractivity (Wildman–Crippen MR) is 128 cm³/mol. The summed E-state index contributed by atoms with van der Waals surface area (Å²) >= 11 is 0. The Bertz CT molecular complexity index is 1260. The lowest BCUT2D eigenvalue weighted by molar-refractivity contribution is -0.384. The molecule has 2 fully saturated rings. The molecule has 2 amide bonds. The molecule has 3 aromatic rings. The minimum absolute atomic E-state index is 0.111. The second kappa shape index (κ2) is 9.19. The van der Waals surface area contributed by atoms with Crippen molar-refractivity contribution in [2.24, 2.45) is 5.92 Å². The van der Waals surface area contributed by atoms with E-state index in [4.69, 9.17) is 9.57 Å². The van der Waals surface area contributed by atoms with Crippen LogP contribution in [0.2, 0.25) is 0 Å². The lowest BCUT2D eigenvalue weighted by Gasteiger charge is -2.28. The number of ether oxygens (including phenoxy) is 1. The summed E-state index contributed by atoms with van der Waals surface area (Å²) in [7, 11) is 0. The largest absolute Gasteiger partial charge is 0.494 e. The molecule has 0 saturated carbocycles. The van der Waals surface area contributed by atoms with Crippen LogP contribution in [0.25, 0.3) is 0 Å². The van der Waals surface area contributed by atoms with E-state index in [1.807, 2.05) is 37.3 Å². The van der Waals surface area contributed by atoms with Gasteiger partial charge in [-0.25, -0.2) is 9.96 Å². The van der Waals surface area contributed by atoms with Crippen molar-refractivity contribution in [1.82, 2.24) is 0 Å². The van der Waals surface area contributed by atoms with E-state index >= 15 is 0 Å². The first-order valence-electron chi connectivity index (χ1n) is 11.4. The lowest BCUT2D eigenvalue weighted by atomic mass is 9.90. The predicted octanol–water partition coefficient (Wildman–Crippen LogP) is 4.43. The third-order valence-electron chi connectivity index (χ3n) is 6.12. The quantitative estimate of drug-likeness (QED) is 0.284. The van der Waals surface area contributed by atoms with Crippen LogP contribution >= 0.6 is 0 Å². The molecule has 0 N–H and O–H groups in total. The van der Waals surface area contributed by atoms with Gasteiger partial charge < -0.3 is 4.74 Å². The summed E-state index contributed by atoms with van der Waals surface area (Å²) in [6, 6.07) is 21.3. The van der Waals surface area contributed by atoms with E-state index in [9.17, 15) is 19.7 Å². The van der Waals surface area contributed by atoms with Gasteiger partial charge in [0.1, 0.15) is 11.7 Å². The highest BCUT2D eigenvalue weighted by molar-refractivity contribution is 6.23. The molecule has 0 aromatic heterocycles. The van der Waals surface area contributed by atoms with Crippen molar-refractivity contribution in [2.45, 2.75) is 25.5 Å². The van der Waals surface area contributed by atoms with Crippen LogP contribution in [0.15, 0.2) is 78.9 Å². The molecule has 35 heavy (non-hydrogen) atoms. The number of nitro groups is 1. The number of fused-ring (bicyclic) bond motifs is 1. The molecule has 2 heterocycles. The lowest BCUT2D eigenvalue weighted by Crippen LogP contribution is -2.37. The summed E-state index contributed by atoms with van der Waals surface area (Å²) in [5.41, 5.74) is 1.49. The number of nitrogens with zero attached hydrogens (tertiary/aromatic N) is 3. The molecule has 0 bridgehead atoms. The van der Waals surface area contributed by atoms with E-state index in [1.165, 1.54) is 17.2 Å². The van der Waals surface area contributed by atoms with E-state index in [2.05, 4.69) is 0 Å². The van der Waals surface area contributed by atoms with Crippen LogP contribution in [-0.2, 0) is 14.4 Å². The Morgan fingerprint density at radius 1 is 0.943 bits per heavy atom. The SMILES string of the molecule is CCCOc1ccc(N2C(=O)[C@H]3[C@H](ON(c4cccc([N+](=O)[O-])c4)[C@@H]3c3ccccc3)C2=O)cc1. The normalized spacial score (nSPS) is 21.3. The Kier molecular flexibility index (Phi) is 5.92. The zero-order chi connectivity index (χ0) is 24.5. The molecule has 5 rings (SSSR count). The standard InChI is InChI=1S/C26H23N3O6/c1-2-15-34-21-13-11-18(12-14-21)27-25(30)22-23(17-7-4-3-5-8-17)28(35-24(22)26(27)31)19-9-6-10-20(16-19)29(32)33/h3-14,16,22-24H,2,15H2,1H3/t22-,23-,24+/m1/s1. The van der Waals surface area contributed by atoms with E-state index in [1.54, 1.807) is 36.4 Å². The number of amides is 2. The topological polar surface area (TPSA) is 102 Å². The molecule has 0 aliphatic carbocycles. The van der Waals surface area contributed by atoms with Crippen LogP contribution < -0.4 is 14.7 Å². The Labute approximate surface area is 201 Å². The van der Waals surface area contributed by atoms with Crippen LogP contribution in [-0.4, -0.2) is 29.4 Å². The first-order chi connectivity index (χ1) is 17.0. The van der Waals surface area contributed by atoms with Gasteiger partial charge in [-0.1, -0.05) is 43.3 Å². The second-order valence-corrected chi connectivity index (χ2v) is 8.36. The smallest absolute Gasteiger partial charge is 0.271 e. The molecule has 9 nitrogen and oxygen atoms in total. The van der Waals surface area contributed by atoms with Crippen molar-refractivity contribution in [3.63, 3.8) is 0 Å². The molecule has 3 aromatic carbocycles. The highest BCUT2D eigenvalue weighted by atomic mass is 16.7. The molecule has 2 saturated heterocycles. The van der Waals surface area contributed by atoms with E-state index < -0.39 is 28.9 Å². The summed E-state index contributed by atoms with van der Waals surface area (Å²) in [5, 5.41) is 12.8. The third-order valence-corrected chi connectivity index (χ3v) is 6.12. The maximum Gasteiger partial charge on any atom is 0.271 e. The summed E-state index contributed by atoms with van der Waals surface area (Å²) in [6.07, 6.45) is -0.184. The molecule has 9 heteroatoms. The third kappa shape index (κ3) is 4.00. The second-order valence-electron chi connectivity index (χ2n) is 8.36. The minimum atomic E-state index is -1.05. The maximum atomic E-state index is 13.6. The Morgan fingerprint density at radius 2 is 1.69 bits per heavy atom. The molecule has 3 atom stereocenters. The number of anilines is 2. The number of carbonyl (C=O) groups is 2. The monoisotopic (exact) mass is 473 g/mol. The fraction of sp³-hybridized carbons (Fsp3) is 0.231. The summed E-state index contributed by atoms with van der Waals surface area (Å²) in [6.45, 7) is 2.58. The Balaban J connectivity index is 1.50. The van der Waals surface area contributed by atoms with Crippen LogP contribution in [0.1, 0.15) is 24.9 Å². The fourth-order valence-electron chi connectivity index (χ4n) is 4.54. The fourth-order valence-corrected chi connectivity index (χ4v) is 4.54. The van der Waals surface area contributed by atoms with Crippen LogP contribution in [0.3, 0.4) is 0 Å². The number of hydroxylamine groups is 1. The molecule has 2 aliphatic rings. The van der Waals surface area contributed by atoms with Crippen LogP contribution in [0.5, 0.6) is 5.75 Å². The number of benzene rings is 3. The summed E-state index contributed by atoms with van der Waals surface area (Å²) in [4.78, 5) is 45.1. The van der Waals surface area contributed by atoms with Crippen molar-refractivity contribution in [3.8, 4) is 5.75 Å². The Morgan fingerprint density at radius 3 is 2.37 bits per heavy atom. The van der Waals surface area contributed by atoms with Gasteiger partial charge in [0.2, 0.25) is 5.91 Å². The van der Waals surface area contributed by atoms with Gasteiger partial charge in [-0.15, -0.1) is 0 Å².